The topological polar surface area (TPSA) is 46.3 Å². The molecule has 26 heavy (non-hydrogen) atoms. The molecule has 0 aliphatic carbocycles. The van der Waals surface area contributed by atoms with Crippen LogP contribution in [-0.4, -0.2) is 30.4 Å². The first-order valence-electron chi connectivity index (χ1n) is 8.86. The van der Waals surface area contributed by atoms with Crippen molar-refractivity contribution in [2.45, 2.75) is 25.2 Å². The number of carbonyl (C=O) groups is 1. The molecule has 5 heteroatoms. The molecule has 140 valence electrons. The first-order valence-corrected chi connectivity index (χ1v) is 8.86. The first kappa shape index (κ1) is 20.4. The van der Waals surface area contributed by atoms with Crippen molar-refractivity contribution in [3.8, 4) is 0 Å². The summed E-state index contributed by atoms with van der Waals surface area (Å²) in [5.74, 6) is 0.566. The Bertz CT molecular complexity index is 708. The second-order valence-electron chi connectivity index (χ2n) is 6.97. The highest BCUT2D eigenvalue weighted by atomic mass is 35.5. The van der Waals surface area contributed by atoms with Crippen LogP contribution in [0.15, 0.2) is 54.6 Å². The summed E-state index contributed by atoms with van der Waals surface area (Å²) in [6.07, 6.45) is 0.435. The smallest absolute Gasteiger partial charge is 0.223 e. The predicted octanol–water partition coefficient (Wildman–Crippen LogP) is 3.94. The fourth-order valence-corrected chi connectivity index (χ4v) is 3.69. The van der Waals surface area contributed by atoms with E-state index in [4.69, 9.17) is 5.73 Å². The van der Waals surface area contributed by atoms with Crippen molar-refractivity contribution >= 4 is 18.3 Å². The van der Waals surface area contributed by atoms with Crippen LogP contribution in [0.4, 0.5) is 4.39 Å². The number of likely N-dealkylation sites (tertiary alicyclic amines) is 1. The van der Waals surface area contributed by atoms with Gasteiger partial charge >= 0.3 is 0 Å². The Labute approximate surface area is 160 Å². The molecule has 0 bridgehead atoms. The largest absolute Gasteiger partial charge is 0.342 e. The number of rotatable bonds is 5. The maximum Gasteiger partial charge on any atom is 0.223 e. The van der Waals surface area contributed by atoms with E-state index in [9.17, 15) is 9.18 Å². The van der Waals surface area contributed by atoms with Crippen molar-refractivity contribution in [2.75, 3.05) is 19.6 Å². The third-order valence-corrected chi connectivity index (χ3v) is 5.24. The molecule has 1 fully saturated rings. The molecule has 0 radical (unpaired) electrons. The summed E-state index contributed by atoms with van der Waals surface area (Å²) >= 11 is 0. The van der Waals surface area contributed by atoms with Crippen LogP contribution in [0.3, 0.4) is 0 Å². The molecule has 2 aromatic carbocycles. The van der Waals surface area contributed by atoms with Gasteiger partial charge in [-0.3, -0.25) is 4.79 Å². The minimum absolute atomic E-state index is 0. The van der Waals surface area contributed by atoms with Gasteiger partial charge in [-0.25, -0.2) is 4.39 Å². The standard InChI is InChI=1S/C21H25FN2O.ClH/c1-15(16-7-9-19(22)10-8-16)11-21(25)24-13-18(12-23)20(14-24)17-5-3-2-4-6-17;/h2-10,15,18,20H,11-14,23H2,1H3;1H/t15?,18-,20+;/m1./s1. The van der Waals surface area contributed by atoms with Crippen LogP contribution in [0.1, 0.15) is 36.3 Å². The van der Waals surface area contributed by atoms with E-state index in [2.05, 4.69) is 12.1 Å². The monoisotopic (exact) mass is 376 g/mol. The minimum Gasteiger partial charge on any atom is -0.342 e. The van der Waals surface area contributed by atoms with Crippen LogP contribution < -0.4 is 5.73 Å². The minimum atomic E-state index is -0.252. The molecule has 1 aliphatic heterocycles. The SMILES string of the molecule is CC(CC(=O)N1C[C@@H](CN)[C@H](c2ccccc2)C1)c1ccc(F)cc1.Cl. The van der Waals surface area contributed by atoms with E-state index in [0.29, 0.717) is 31.3 Å². The zero-order valence-corrected chi connectivity index (χ0v) is 15.8. The number of carbonyl (C=O) groups excluding carboxylic acids is 1. The van der Waals surface area contributed by atoms with Crippen LogP contribution in [0.5, 0.6) is 0 Å². The molecule has 1 saturated heterocycles. The Morgan fingerprint density at radius 1 is 1.15 bits per heavy atom. The highest BCUT2D eigenvalue weighted by molar-refractivity contribution is 5.85. The van der Waals surface area contributed by atoms with E-state index in [1.54, 1.807) is 12.1 Å². The lowest BCUT2D eigenvalue weighted by Gasteiger charge is -2.19. The molecule has 1 unspecified atom stereocenters. The molecule has 1 heterocycles. The number of benzene rings is 2. The van der Waals surface area contributed by atoms with Crippen LogP contribution in [0, 0.1) is 11.7 Å². The molecule has 3 rings (SSSR count). The van der Waals surface area contributed by atoms with Gasteiger partial charge in [-0.15, -0.1) is 12.4 Å². The van der Waals surface area contributed by atoms with Crippen LogP contribution in [0.2, 0.25) is 0 Å². The Morgan fingerprint density at radius 3 is 2.42 bits per heavy atom. The Morgan fingerprint density at radius 2 is 1.81 bits per heavy atom. The molecule has 0 saturated carbocycles. The second-order valence-corrected chi connectivity index (χ2v) is 6.97. The third-order valence-electron chi connectivity index (χ3n) is 5.24. The van der Waals surface area contributed by atoms with Crippen molar-refractivity contribution < 1.29 is 9.18 Å². The summed E-state index contributed by atoms with van der Waals surface area (Å²) < 4.78 is 13.1. The number of hydrogen-bond acceptors (Lipinski definition) is 2. The molecule has 3 atom stereocenters. The molecule has 1 amide bonds. The maximum atomic E-state index is 13.1. The van der Waals surface area contributed by atoms with E-state index in [1.807, 2.05) is 30.0 Å². The van der Waals surface area contributed by atoms with Crippen molar-refractivity contribution in [3.05, 3.63) is 71.5 Å². The first-order chi connectivity index (χ1) is 12.1. The lowest BCUT2D eigenvalue weighted by Crippen LogP contribution is -2.30. The molecule has 0 aromatic heterocycles. The van der Waals surface area contributed by atoms with Crippen molar-refractivity contribution in [2.24, 2.45) is 11.7 Å². The molecule has 3 nitrogen and oxygen atoms in total. The van der Waals surface area contributed by atoms with Gasteiger partial charge < -0.3 is 10.6 Å². The van der Waals surface area contributed by atoms with Crippen LogP contribution >= 0.6 is 12.4 Å². The molecule has 0 spiro atoms. The molecule has 2 aromatic rings. The van der Waals surface area contributed by atoms with Crippen molar-refractivity contribution in [1.29, 1.82) is 0 Å². The van der Waals surface area contributed by atoms with Crippen molar-refractivity contribution in [1.82, 2.24) is 4.90 Å². The van der Waals surface area contributed by atoms with Gasteiger partial charge in [0.1, 0.15) is 5.82 Å². The molecule has 2 N–H and O–H groups in total. The highest BCUT2D eigenvalue weighted by Crippen LogP contribution is 2.33. The summed E-state index contributed by atoms with van der Waals surface area (Å²) in [5, 5.41) is 0. The summed E-state index contributed by atoms with van der Waals surface area (Å²) in [5.41, 5.74) is 8.20. The fourth-order valence-electron chi connectivity index (χ4n) is 3.69. The maximum absolute atomic E-state index is 13.1. The van der Waals surface area contributed by atoms with Gasteiger partial charge in [-0.2, -0.15) is 0 Å². The highest BCUT2D eigenvalue weighted by Gasteiger charge is 2.35. The van der Waals surface area contributed by atoms with E-state index < -0.39 is 0 Å². The fraction of sp³-hybridized carbons (Fsp3) is 0.381. The van der Waals surface area contributed by atoms with Crippen molar-refractivity contribution in [3.63, 3.8) is 0 Å². The Hall–Kier alpha value is -1.91. The lowest BCUT2D eigenvalue weighted by atomic mass is 9.89. The number of amides is 1. The number of halogens is 2. The lowest BCUT2D eigenvalue weighted by molar-refractivity contribution is -0.130. The third kappa shape index (κ3) is 4.63. The predicted molar refractivity (Wildman–Crippen MR) is 105 cm³/mol. The molecular weight excluding hydrogens is 351 g/mol. The Balaban J connectivity index is 0.00000243. The van der Waals surface area contributed by atoms with E-state index >= 15 is 0 Å². The van der Waals surface area contributed by atoms with Gasteiger partial charge in [0, 0.05) is 25.4 Å². The van der Waals surface area contributed by atoms with Gasteiger partial charge in [-0.05, 0) is 41.6 Å². The van der Waals surface area contributed by atoms with Gasteiger partial charge in [-0.1, -0.05) is 49.4 Å². The number of nitrogens with two attached hydrogens (primary N) is 1. The summed E-state index contributed by atoms with van der Waals surface area (Å²) in [7, 11) is 0. The van der Waals surface area contributed by atoms with E-state index in [1.165, 1.54) is 17.7 Å². The van der Waals surface area contributed by atoms with E-state index in [-0.39, 0.29) is 30.0 Å². The van der Waals surface area contributed by atoms with Gasteiger partial charge in [0.2, 0.25) is 5.91 Å². The number of nitrogens with zero attached hydrogens (tertiary/aromatic N) is 1. The molecular formula is C21H26ClFN2O. The van der Waals surface area contributed by atoms with Gasteiger partial charge in [0.05, 0.1) is 0 Å². The molecule has 1 aliphatic rings. The van der Waals surface area contributed by atoms with Gasteiger partial charge in [0.15, 0.2) is 0 Å². The van der Waals surface area contributed by atoms with Gasteiger partial charge in [0.25, 0.3) is 0 Å². The quantitative estimate of drug-likeness (QED) is 0.859. The second kappa shape index (κ2) is 9.15. The van der Waals surface area contributed by atoms with Crippen LogP contribution in [0.25, 0.3) is 0 Å². The summed E-state index contributed by atoms with van der Waals surface area (Å²) in [6, 6.07) is 16.7. The normalized spacial score (nSPS) is 20.5. The Kier molecular flexibility index (Phi) is 7.18. The zero-order chi connectivity index (χ0) is 17.8. The average Bonchev–Trinajstić information content (AvgIpc) is 3.07. The number of hydrogen-bond donors (Lipinski definition) is 1. The summed E-state index contributed by atoms with van der Waals surface area (Å²) in [6.45, 7) is 4.03. The van der Waals surface area contributed by atoms with E-state index in [0.717, 1.165) is 12.1 Å². The van der Waals surface area contributed by atoms with Crippen LogP contribution in [-0.2, 0) is 4.79 Å². The summed E-state index contributed by atoms with van der Waals surface area (Å²) in [4.78, 5) is 14.7. The zero-order valence-electron chi connectivity index (χ0n) is 15.0. The average molecular weight is 377 g/mol.